The molecule has 0 bridgehead atoms. The van der Waals surface area contributed by atoms with Crippen molar-refractivity contribution in [2.75, 3.05) is 21.3 Å². The van der Waals surface area contributed by atoms with Gasteiger partial charge in [-0.15, -0.1) is 13.2 Å². The molecule has 35 heavy (non-hydrogen) atoms. The number of rotatable bonds is 9. The van der Waals surface area contributed by atoms with Gasteiger partial charge in [0.25, 0.3) is 5.91 Å². The molecule has 0 fully saturated rings. The second-order valence-electron chi connectivity index (χ2n) is 6.57. The zero-order valence-electron chi connectivity index (χ0n) is 18.6. The molecule has 2 rings (SSSR count). The van der Waals surface area contributed by atoms with Gasteiger partial charge in [0.1, 0.15) is 17.4 Å². The van der Waals surface area contributed by atoms with Crippen molar-refractivity contribution in [3.8, 4) is 29.1 Å². The fourth-order valence-corrected chi connectivity index (χ4v) is 2.89. The van der Waals surface area contributed by atoms with Crippen molar-refractivity contribution in [1.82, 2.24) is 5.48 Å². The molecule has 0 spiro atoms. The van der Waals surface area contributed by atoms with Crippen molar-refractivity contribution in [1.29, 1.82) is 5.26 Å². The number of hydrogen-bond acceptors (Lipinski definition) is 8. The summed E-state index contributed by atoms with van der Waals surface area (Å²) in [5.41, 5.74) is 0.920. The van der Waals surface area contributed by atoms with Crippen LogP contribution >= 0.6 is 0 Å². The Morgan fingerprint density at radius 3 is 2.14 bits per heavy atom. The quantitative estimate of drug-likeness (QED) is 0.177. The van der Waals surface area contributed by atoms with Crippen LogP contribution in [0.15, 0.2) is 42.0 Å². The van der Waals surface area contributed by atoms with E-state index < -0.39 is 23.8 Å². The first-order valence-electron chi connectivity index (χ1n) is 9.55. The zero-order chi connectivity index (χ0) is 26.2. The van der Waals surface area contributed by atoms with Gasteiger partial charge in [-0.1, -0.05) is 6.07 Å². The van der Waals surface area contributed by atoms with Gasteiger partial charge in [-0.3, -0.25) is 14.8 Å². The van der Waals surface area contributed by atoms with Crippen LogP contribution in [0.1, 0.15) is 21.5 Å². The molecule has 0 aliphatic carbocycles. The van der Waals surface area contributed by atoms with Gasteiger partial charge in [-0.05, 0) is 42.0 Å². The summed E-state index contributed by atoms with van der Waals surface area (Å²) >= 11 is 0. The van der Waals surface area contributed by atoms with Crippen LogP contribution in [0, 0.1) is 11.3 Å². The Morgan fingerprint density at radius 2 is 1.66 bits per heavy atom. The van der Waals surface area contributed by atoms with Crippen LogP contribution in [-0.2, 0) is 4.79 Å². The molecule has 0 radical (unpaired) electrons. The van der Waals surface area contributed by atoms with Crippen molar-refractivity contribution in [2.45, 2.75) is 6.36 Å². The molecule has 1 amide bonds. The van der Waals surface area contributed by atoms with Crippen LogP contribution < -0.4 is 24.4 Å². The number of ether oxygens (including phenoxy) is 4. The van der Waals surface area contributed by atoms with Gasteiger partial charge in [0.05, 0.1) is 21.3 Å². The Hall–Kier alpha value is -4.50. The van der Waals surface area contributed by atoms with E-state index in [9.17, 15) is 28.0 Å². The Bertz CT molecular complexity index is 1190. The number of halogens is 3. The number of nitrogens with one attached hydrogen (secondary N) is 1. The van der Waals surface area contributed by atoms with Crippen molar-refractivity contribution >= 4 is 23.8 Å². The summed E-state index contributed by atoms with van der Waals surface area (Å²) in [5, 5.41) is 18.1. The molecule has 0 aliphatic heterocycles. The summed E-state index contributed by atoms with van der Waals surface area (Å²) in [6, 6.07) is 7.74. The maximum absolute atomic E-state index is 13.0. The summed E-state index contributed by atoms with van der Waals surface area (Å²) in [6.07, 6.45) is -2.15. The maximum atomic E-state index is 13.0. The standard InChI is InChI=1S/C23H19F3N2O7/c1-32-18-10-15(11-19(33-2)22(18)34-3)21(30)16(12-27)9-13-4-6-17(35-23(24,25)26)14(8-13)5-7-20(29)28-31/h4-11,31H,1-3H3,(H,28,29)/b7-5+,16-9?. The van der Waals surface area contributed by atoms with E-state index >= 15 is 0 Å². The molecule has 184 valence electrons. The Balaban J connectivity index is 2.54. The van der Waals surface area contributed by atoms with Crippen LogP contribution in [0.5, 0.6) is 23.0 Å². The molecule has 0 saturated carbocycles. The molecule has 0 heterocycles. The second-order valence-corrected chi connectivity index (χ2v) is 6.57. The maximum Gasteiger partial charge on any atom is 0.573 e. The van der Waals surface area contributed by atoms with Gasteiger partial charge < -0.3 is 18.9 Å². The number of nitriles is 1. The predicted molar refractivity (Wildman–Crippen MR) is 116 cm³/mol. The number of benzene rings is 2. The fraction of sp³-hybridized carbons (Fsp3) is 0.174. The molecule has 0 saturated heterocycles. The number of carbonyl (C=O) groups excluding carboxylic acids is 2. The Kier molecular flexibility index (Phi) is 8.85. The predicted octanol–water partition coefficient (Wildman–Crippen LogP) is 3.92. The first kappa shape index (κ1) is 26.7. The minimum absolute atomic E-state index is 0.0315. The number of ketones is 1. The zero-order valence-corrected chi connectivity index (χ0v) is 18.6. The van der Waals surface area contributed by atoms with Crippen molar-refractivity contribution in [3.63, 3.8) is 0 Å². The van der Waals surface area contributed by atoms with Gasteiger partial charge in [-0.25, -0.2) is 5.48 Å². The highest BCUT2D eigenvalue weighted by Gasteiger charge is 2.32. The number of Topliss-reactive ketones (excluding diaryl/α,β-unsaturated/α-hetero) is 1. The Morgan fingerprint density at radius 1 is 1.03 bits per heavy atom. The van der Waals surface area contributed by atoms with Crippen molar-refractivity contribution in [3.05, 3.63) is 58.7 Å². The largest absolute Gasteiger partial charge is 0.573 e. The lowest BCUT2D eigenvalue weighted by atomic mass is 10.00. The molecule has 0 aromatic heterocycles. The second kappa shape index (κ2) is 11.6. The summed E-state index contributed by atoms with van der Waals surface area (Å²) in [4.78, 5) is 24.2. The third kappa shape index (κ3) is 6.99. The summed E-state index contributed by atoms with van der Waals surface area (Å²) in [6.45, 7) is 0. The molecule has 0 unspecified atom stereocenters. The fourth-order valence-electron chi connectivity index (χ4n) is 2.89. The molecule has 2 aromatic carbocycles. The minimum atomic E-state index is -5.01. The van der Waals surface area contributed by atoms with Crippen molar-refractivity contribution in [2.24, 2.45) is 0 Å². The number of hydroxylamine groups is 1. The minimum Gasteiger partial charge on any atom is -0.493 e. The first-order chi connectivity index (χ1) is 16.6. The van der Waals surface area contributed by atoms with Gasteiger partial charge in [0.2, 0.25) is 11.5 Å². The lowest BCUT2D eigenvalue weighted by Gasteiger charge is -2.13. The number of hydrogen-bond donors (Lipinski definition) is 2. The van der Waals surface area contributed by atoms with E-state index in [0.717, 1.165) is 30.4 Å². The van der Waals surface area contributed by atoms with E-state index in [-0.39, 0.29) is 39.5 Å². The van der Waals surface area contributed by atoms with Crippen LogP contribution in [0.2, 0.25) is 0 Å². The summed E-state index contributed by atoms with van der Waals surface area (Å²) in [5.74, 6) is -1.78. The molecule has 9 nitrogen and oxygen atoms in total. The average molecular weight is 492 g/mol. The monoisotopic (exact) mass is 492 g/mol. The van der Waals surface area contributed by atoms with E-state index in [1.807, 2.05) is 0 Å². The third-order valence-corrected chi connectivity index (χ3v) is 4.39. The summed E-state index contributed by atoms with van der Waals surface area (Å²) < 4.78 is 57.7. The third-order valence-electron chi connectivity index (χ3n) is 4.39. The molecule has 12 heteroatoms. The molecule has 2 N–H and O–H groups in total. The van der Waals surface area contributed by atoms with E-state index in [4.69, 9.17) is 19.4 Å². The molecule has 0 atom stereocenters. The Labute approximate surface area is 197 Å². The van der Waals surface area contributed by atoms with Gasteiger partial charge in [0, 0.05) is 17.2 Å². The van der Waals surface area contributed by atoms with Gasteiger partial charge in [-0.2, -0.15) is 5.26 Å². The highest BCUT2D eigenvalue weighted by Crippen LogP contribution is 2.39. The molecule has 0 aliphatic rings. The number of nitrogens with zero attached hydrogens (tertiary/aromatic N) is 1. The van der Waals surface area contributed by atoms with E-state index in [2.05, 4.69) is 4.74 Å². The molecule has 2 aromatic rings. The first-order valence-corrected chi connectivity index (χ1v) is 9.55. The van der Waals surface area contributed by atoms with E-state index in [1.165, 1.54) is 45.0 Å². The van der Waals surface area contributed by atoms with Crippen molar-refractivity contribution < 1.29 is 46.9 Å². The topological polar surface area (TPSA) is 127 Å². The highest BCUT2D eigenvalue weighted by molar-refractivity contribution is 6.14. The van der Waals surface area contributed by atoms with Gasteiger partial charge >= 0.3 is 6.36 Å². The van der Waals surface area contributed by atoms with Crippen LogP contribution in [0.3, 0.4) is 0 Å². The van der Waals surface area contributed by atoms with Crippen LogP contribution in [0.4, 0.5) is 13.2 Å². The molecular formula is C23H19F3N2O7. The highest BCUT2D eigenvalue weighted by atomic mass is 19.4. The average Bonchev–Trinajstić information content (AvgIpc) is 2.84. The number of alkyl halides is 3. The lowest BCUT2D eigenvalue weighted by molar-refractivity contribution is -0.274. The number of amides is 1. The van der Waals surface area contributed by atoms with E-state index in [0.29, 0.717) is 0 Å². The number of allylic oxidation sites excluding steroid dienone is 1. The van der Waals surface area contributed by atoms with Crippen LogP contribution in [-0.4, -0.2) is 44.6 Å². The molecular weight excluding hydrogens is 473 g/mol. The number of methoxy groups -OCH3 is 3. The van der Waals surface area contributed by atoms with Crippen LogP contribution in [0.25, 0.3) is 12.2 Å². The normalized spacial score (nSPS) is 11.5. The number of carbonyl (C=O) groups is 2. The summed E-state index contributed by atoms with van der Waals surface area (Å²) in [7, 11) is 4.08. The smallest absolute Gasteiger partial charge is 0.493 e. The van der Waals surface area contributed by atoms with E-state index in [1.54, 1.807) is 6.07 Å². The van der Waals surface area contributed by atoms with Gasteiger partial charge in [0.15, 0.2) is 11.5 Å². The lowest BCUT2D eigenvalue weighted by Crippen LogP contribution is -2.18. The SMILES string of the molecule is COc1cc(C(=O)C(C#N)=Cc2ccc(OC(F)(F)F)c(/C=C/C(=O)NO)c2)cc(OC)c1OC.